The summed E-state index contributed by atoms with van der Waals surface area (Å²) in [5.41, 5.74) is 4.08. The molecule has 0 aromatic heterocycles. The number of rotatable bonds is 3. The molecule has 0 fully saturated rings. The quantitative estimate of drug-likeness (QED) is 0.549. The molecule has 0 aliphatic rings. The molecule has 1 rings (SSSR count). The van der Waals surface area contributed by atoms with Gasteiger partial charge in [0.05, 0.1) is 5.75 Å². The van der Waals surface area contributed by atoms with E-state index in [1.54, 1.807) is 0 Å². The molecule has 130 valence electrons. The van der Waals surface area contributed by atoms with E-state index in [9.17, 15) is 0 Å². The highest BCUT2D eigenvalue weighted by molar-refractivity contribution is 7.03. The molecule has 0 amide bonds. The van der Waals surface area contributed by atoms with Gasteiger partial charge in [-0.2, -0.15) is 0 Å². The van der Waals surface area contributed by atoms with Crippen LogP contribution in [0.3, 0.4) is 0 Å². The van der Waals surface area contributed by atoms with Crippen LogP contribution in [0.15, 0.2) is 12.1 Å². The standard InChI is InChI=1S/C18H30O.C2H5.Al.ClH/c1-16(2,3)12-10-13(17(4,5)6)15(19)14(11-12)18(7,8)9;1-2;;/h10-11,19H,1-9H3;1H2,2H3;;1H/q;;+2;/p-2. The van der Waals surface area contributed by atoms with E-state index in [2.05, 4.69) is 81.4 Å². The van der Waals surface area contributed by atoms with Gasteiger partial charge >= 0.3 is 13.6 Å². The molecule has 1 nitrogen and oxygen atoms in total. The van der Waals surface area contributed by atoms with Crippen LogP contribution in [0.25, 0.3) is 0 Å². The minimum atomic E-state index is -1.69. The molecule has 0 saturated carbocycles. The van der Waals surface area contributed by atoms with Crippen molar-refractivity contribution in [2.24, 2.45) is 0 Å². The third-order valence-electron chi connectivity index (χ3n) is 4.14. The van der Waals surface area contributed by atoms with E-state index in [1.165, 1.54) is 16.7 Å². The van der Waals surface area contributed by atoms with Gasteiger partial charge in [-0.15, -0.1) is 0 Å². The zero-order valence-electron chi connectivity index (χ0n) is 16.7. The summed E-state index contributed by atoms with van der Waals surface area (Å²) >= 11 is -1.69. The summed E-state index contributed by atoms with van der Waals surface area (Å²) in [4.78, 5) is 0. The lowest BCUT2D eigenvalue weighted by Gasteiger charge is -2.34. The molecule has 0 radical (unpaired) electrons. The number of benzene rings is 1. The lowest BCUT2D eigenvalue weighted by molar-refractivity contribution is 0.483. The molecule has 0 aliphatic heterocycles. The Balaban J connectivity index is 3.75. The third-order valence-corrected chi connectivity index (χ3v) is 6.46. The van der Waals surface area contributed by atoms with Crippen LogP contribution in [0.2, 0.25) is 5.28 Å². The molecule has 0 atom stereocenters. The SMILES string of the molecule is C[CH2][Al]([Cl])[O]c1c(C(C)(C)C)cc(C(C)(C)C)cc1C(C)(C)C. The average molecular weight is 353 g/mol. The molecule has 0 saturated heterocycles. The molecule has 1 aromatic rings. The number of hydrogen-bond acceptors (Lipinski definition) is 1. The van der Waals surface area contributed by atoms with Gasteiger partial charge in [-0.1, -0.05) is 81.4 Å². The maximum atomic E-state index is 6.49. The molecule has 0 heterocycles. The summed E-state index contributed by atoms with van der Waals surface area (Å²) in [5.74, 6) is 1.03. The second kappa shape index (κ2) is 6.99. The van der Waals surface area contributed by atoms with Crippen molar-refractivity contribution in [1.82, 2.24) is 0 Å². The van der Waals surface area contributed by atoms with Gasteiger partial charge in [0.25, 0.3) is 0 Å². The van der Waals surface area contributed by atoms with E-state index >= 15 is 0 Å². The van der Waals surface area contributed by atoms with Crippen molar-refractivity contribution >= 4 is 23.6 Å². The zero-order chi connectivity index (χ0) is 18.2. The average Bonchev–Trinajstić information content (AvgIpc) is 2.34. The fourth-order valence-electron chi connectivity index (χ4n) is 2.51. The summed E-state index contributed by atoms with van der Waals surface area (Å²) in [6, 6.07) is 4.66. The highest BCUT2D eigenvalue weighted by Gasteiger charge is 2.32. The molecule has 1 aromatic carbocycles. The highest BCUT2D eigenvalue weighted by atomic mass is 35.6. The van der Waals surface area contributed by atoms with Gasteiger partial charge < -0.3 is 3.79 Å². The zero-order valence-corrected chi connectivity index (χ0v) is 18.6. The second-order valence-corrected chi connectivity index (χ2v) is 12.9. The first-order valence-electron chi connectivity index (χ1n) is 8.68. The topological polar surface area (TPSA) is 9.23 Å². The fraction of sp³-hybridized carbons (Fsp3) is 0.700. The summed E-state index contributed by atoms with van der Waals surface area (Å²) < 4.78 is 6.35. The van der Waals surface area contributed by atoms with Crippen molar-refractivity contribution in [2.45, 2.75) is 90.8 Å². The van der Waals surface area contributed by atoms with Crippen molar-refractivity contribution in [3.05, 3.63) is 28.8 Å². The maximum Gasteiger partial charge on any atom is 0.679 e. The first-order chi connectivity index (χ1) is 10.2. The normalized spacial score (nSPS) is 13.2. The Hall–Kier alpha value is -0.158. The lowest BCUT2D eigenvalue weighted by Crippen LogP contribution is -2.25. The molecule has 0 aliphatic carbocycles. The minimum absolute atomic E-state index is 0.0232. The molecule has 0 bridgehead atoms. The highest BCUT2D eigenvalue weighted by Crippen LogP contribution is 2.43. The van der Waals surface area contributed by atoms with Crippen LogP contribution in [0.1, 0.15) is 85.9 Å². The first-order valence-corrected chi connectivity index (χ1v) is 11.7. The van der Waals surface area contributed by atoms with Crippen LogP contribution in [-0.4, -0.2) is 13.6 Å². The fourth-order valence-corrected chi connectivity index (χ4v) is 3.46. The van der Waals surface area contributed by atoms with Crippen LogP contribution in [0.4, 0.5) is 0 Å². The largest absolute Gasteiger partial charge is 0.679 e. The van der Waals surface area contributed by atoms with Gasteiger partial charge in [0.1, 0.15) is 0 Å². The predicted molar refractivity (Wildman–Crippen MR) is 105 cm³/mol. The second-order valence-electron chi connectivity index (χ2n) is 9.59. The molecule has 0 unspecified atom stereocenters. The number of halogens is 1. The van der Waals surface area contributed by atoms with Crippen molar-refractivity contribution in [3.63, 3.8) is 0 Å². The Kier molecular flexibility index (Phi) is 6.35. The van der Waals surface area contributed by atoms with E-state index in [0.717, 1.165) is 11.0 Å². The smallest absolute Gasteiger partial charge is 0.631 e. The van der Waals surface area contributed by atoms with Crippen LogP contribution >= 0.6 is 10.0 Å². The van der Waals surface area contributed by atoms with E-state index in [-0.39, 0.29) is 16.2 Å². The number of hydrogen-bond donors (Lipinski definition) is 0. The van der Waals surface area contributed by atoms with E-state index in [1.807, 2.05) is 0 Å². The van der Waals surface area contributed by atoms with Gasteiger partial charge in [-0.25, -0.2) is 10.0 Å². The summed E-state index contributed by atoms with van der Waals surface area (Å²) in [6.45, 7) is 22.5. The third kappa shape index (κ3) is 5.42. The maximum absolute atomic E-state index is 6.49. The van der Waals surface area contributed by atoms with Crippen molar-refractivity contribution in [2.75, 3.05) is 0 Å². The van der Waals surface area contributed by atoms with Gasteiger partial charge in [0, 0.05) is 0 Å². The van der Waals surface area contributed by atoms with Crippen molar-refractivity contribution < 1.29 is 3.79 Å². The molecule has 3 heteroatoms. The Morgan fingerprint density at radius 1 is 0.826 bits per heavy atom. The molecule has 23 heavy (non-hydrogen) atoms. The molecule has 0 N–H and O–H groups in total. The van der Waals surface area contributed by atoms with Crippen molar-refractivity contribution in [1.29, 1.82) is 0 Å². The molecule has 0 spiro atoms. The Morgan fingerprint density at radius 2 is 1.22 bits per heavy atom. The molecular formula is C20H34AlClO. The first kappa shape index (κ1) is 20.9. The summed E-state index contributed by atoms with van der Waals surface area (Å²) in [6.07, 6.45) is 0. The molecular weight excluding hydrogens is 319 g/mol. The summed E-state index contributed by atoms with van der Waals surface area (Å²) in [5, 5.41) is 0.926. The van der Waals surface area contributed by atoms with Crippen LogP contribution in [0, 0.1) is 0 Å². The van der Waals surface area contributed by atoms with Crippen molar-refractivity contribution in [3.8, 4) is 5.75 Å². The Labute approximate surface area is 152 Å². The Morgan fingerprint density at radius 3 is 1.48 bits per heavy atom. The minimum Gasteiger partial charge on any atom is -0.631 e. The van der Waals surface area contributed by atoms with Gasteiger partial charge in [-0.3, -0.25) is 0 Å². The summed E-state index contributed by atoms with van der Waals surface area (Å²) in [7, 11) is 6.49. The van der Waals surface area contributed by atoms with Crippen LogP contribution in [-0.2, 0) is 16.2 Å². The lowest BCUT2D eigenvalue weighted by atomic mass is 9.75. The van der Waals surface area contributed by atoms with Gasteiger partial charge in [0.15, 0.2) is 0 Å². The van der Waals surface area contributed by atoms with E-state index < -0.39 is 13.6 Å². The van der Waals surface area contributed by atoms with E-state index in [0.29, 0.717) is 0 Å². The van der Waals surface area contributed by atoms with E-state index in [4.69, 9.17) is 13.8 Å². The Bertz CT molecular complexity index is 509. The van der Waals surface area contributed by atoms with Crippen LogP contribution in [0.5, 0.6) is 5.75 Å². The van der Waals surface area contributed by atoms with Gasteiger partial charge in [0.2, 0.25) is 0 Å². The predicted octanol–water partition coefficient (Wildman–Crippen LogP) is 6.70. The monoisotopic (exact) mass is 352 g/mol. The van der Waals surface area contributed by atoms with Gasteiger partial charge in [-0.05, 0) is 38.2 Å². The van der Waals surface area contributed by atoms with Crippen LogP contribution < -0.4 is 3.79 Å².